The fraction of sp³-hybridized carbons (Fsp3) is 0.143. The molecule has 1 nitrogen and oxygen atoms in total. The standard InChI is InChI=1S/C14H12ClFOS/c1-18-13-5-3-12(4-6-13)17-14-7-2-11(16)8-10(14)9-15/h2-8H,9H2,1H3. The number of rotatable bonds is 4. The first-order chi connectivity index (χ1) is 8.72. The highest BCUT2D eigenvalue weighted by Gasteiger charge is 2.05. The zero-order valence-electron chi connectivity index (χ0n) is 9.82. The van der Waals surface area contributed by atoms with E-state index in [9.17, 15) is 4.39 Å². The normalized spacial score (nSPS) is 10.4. The molecule has 0 aliphatic carbocycles. The predicted octanol–water partition coefficient (Wildman–Crippen LogP) is 5.08. The van der Waals surface area contributed by atoms with Crippen molar-refractivity contribution < 1.29 is 9.13 Å². The Kier molecular flexibility index (Phi) is 4.50. The Hall–Kier alpha value is -1.19. The average molecular weight is 283 g/mol. The Morgan fingerprint density at radius 1 is 1.17 bits per heavy atom. The van der Waals surface area contributed by atoms with Gasteiger partial charge in [0.15, 0.2) is 0 Å². The number of hydrogen-bond acceptors (Lipinski definition) is 2. The van der Waals surface area contributed by atoms with Gasteiger partial charge >= 0.3 is 0 Å². The zero-order chi connectivity index (χ0) is 13.0. The summed E-state index contributed by atoms with van der Waals surface area (Å²) in [5.74, 6) is 1.21. The van der Waals surface area contributed by atoms with Crippen LogP contribution in [0.5, 0.6) is 11.5 Å². The van der Waals surface area contributed by atoms with Crippen LogP contribution in [0.2, 0.25) is 0 Å². The second-order valence-corrected chi connectivity index (χ2v) is 4.81. The summed E-state index contributed by atoms with van der Waals surface area (Å²) in [6.07, 6.45) is 2.02. The summed E-state index contributed by atoms with van der Waals surface area (Å²) in [6.45, 7) is 0. The van der Waals surface area contributed by atoms with Gasteiger partial charge in [-0.25, -0.2) is 4.39 Å². The van der Waals surface area contributed by atoms with Crippen molar-refractivity contribution in [3.63, 3.8) is 0 Å². The molecule has 2 rings (SSSR count). The minimum Gasteiger partial charge on any atom is -0.457 e. The van der Waals surface area contributed by atoms with E-state index in [-0.39, 0.29) is 11.7 Å². The maximum absolute atomic E-state index is 13.1. The van der Waals surface area contributed by atoms with E-state index < -0.39 is 0 Å². The van der Waals surface area contributed by atoms with Gasteiger partial charge in [0.25, 0.3) is 0 Å². The quantitative estimate of drug-likeness (QED) is 0.571. The first-order valence-corrected chi connectivity index (χ1v) is 7.15. The summed E-state index contributed by atoms with van der Waals surface area (Å²) in [6, 6.07) is 12.1. The first kappa shape index (κ1) is 13.2. The van der Waals surface area contributed by atoms with E-state index in [1.165, 1.54) is 17.0 Å². The van der Waals surface area contributed by atoms with Crippen molar-refractivity contribution in [1.29, 1.82) is 0 Å². The lowest BCUT2D eigenvalue weighted by Crippen LogP contribution is -1.90. The van der Waals surface area contributed by atoms with Gasteiger partial charge in [-0.15, -0.1) is 23.4 Å². The molecule has 0 spiro atoms. The number of halogens is 2. The first-order valence-electron chi connectivity index (χ1n) is 5.39. The third kappa shape index (κ3) is 3.18. The van der Waals surface area contributed by atoms with Crippen molar-refractivity contribution in [3.8, 4) is 11.5 Å². The molecule has 0 saturated carbocycles. The van der Waals surface area contributed by atoms with E-state index in [1.54, 1.807) is 17.8 Å². The van der Waals surface area contributed by atoms with E-state index >= 15 is 0 Å². The topological polar surface area (TPSA) is 9.23 Å². The molecule has 18 heavy (non-hydrogen) atoms. The molecule has 0 bridgehead atoms. The molecule has 94 valence electrons. The molecule has 0 saturated heterocycles. The van der Waals surface area contributed by atoms with Crippen LogP contribution in [0.4, 0.5) is 4.39 Å². The smallest absolute Gasteiger partial charge is 0.132 e. The number of alkyl halides is 1. The SMILES string of the molecule is CSc1ccc(Oc2ccc(F)cc2CCl)cc1. The number of ether oxygens (including phenoxy) is 1. The lowest BCUT2D eigenvalue weighted by atomic mass is 10.2. The molecule has 2 aromatic rings. The average Bonchev–Trinajstić information content (AvgIpc) is 2.41. The van der Waals surface area contributed by atoms with Crippen LogP contribution in [0, 0.1) is 5.82 Å². The van der Waals surface area contributed by atoms with Gasteiger partial charge in [0, 0.05) is 10.5 Å². The van der Waals surface area contributed by atoms with Gasteiger partial charge in [-0.2, -0.15) is 0 Å². The van der Waals surface area contributed by atoms with E-state index in [4.69, 9.17) is 16.3 Å². The molecule has 0 aromatic heterocycles. The van der Waals surface area contributed by atoms with Gasteiger partial charge in [-0.1, -0.05) is 0 Å². The Morgan fingerprint density at radius 2 is 1.89 bits per heavy atom. The molecule has 2 aromatic carbocycles. The van der Waals surface area contributed by atoms with Crippen molar-refractivity contribution in [2.45, 2.75) is 10.8 Å². The molecule has 0 unspecified atom stereocenters. The maximum atomic E-state index is 13.1. The van der Waals surface area contributed by atoms with Crippen molar-refractivity contribution in [3.05, 3.63) is 53.8 Å². The Balaban J connectivity index is 2.22. The molecule has 4 heteroatoms. The van der Waals surface area contributed by atoms with E-state index in [2.05, 4.69) is 0 Å². The van der Waals surface area contributed by atoms with E-state index in [1.807, 2.05) is 30.5 Å². The molecule has 0 fully saturated rings. The highest BCUT2D eigenvalue weighted by Crippen LogP contribution is 2.28. The molecule has 0 atom stereocenters. The van der Waals surface area contributed by atoms with Crippen LogP contribution in [-0.4, -0.2) is 6.26 Å². The van der Waals surface area contributed by atoms with Crippen LogP contribution in [0.1, 0.15) is 5.56 Å². The molecule has 0 N–H and O–H groups in total. The van der Waals surface area contributed by atoms with Crippen molar-refractivity contribution >= 4 is 23.4 Å². The fourth-order valence-electron chi connectivity index (χ4n) is 1.52. The third-order valence-corrected chi connectivity index (χ3v) is 3.49. The molecule has 0 radical (unpaired) electrons. The van der Waals surface area contributed by atoms with Gasteiger partial charge in [-0.3, -0.25) is 0 Å². The van der Waals surface area contributed by atoms with Crippen LogP contribution in [0.25, 0.3) is 0 Å². The predicted molar refractivity (Wildman–Crippen MR) is 74.3 cm³/mol. The van der Waals surface area contributed by atoms with Crippen LogP contribution in [0.3, 0.4) is 0 Å². The summed E-state index contributed by atoms with van der Waals surface area (Å²) < 4.78 is 18.7. The minimum atomic E-state index is -0.310. The van der Waals surface area contributed by atoms with E-state index in [0.29, 0.717) is 17.1 Å². The van der Waals surface area contributed by atoms with Gasteiger partial charge in [0.05, 0.1) is 5.88 Å². The van der Waals surface area contributed by atoms with Crippen LogP contribution in [0.15, 0.2) is 47.4 Å². The maximum Gasteiger partial charge on any atom is 0.132 e. The molecule has 0 heterocycles. The number of benzene rings is 2. The number of hydrogen-bond donors (Lipinski definition) is 0. The van der Waals surface area contributed by atoms with Crippen LogP contribution >= 0.6 is 23.4 Å². The molecule has 0 aliphatic heterocycles. The Morgan fingerprint density at radius 3 is 2.50 bits per heavy atom. The summed E-state index contributed by atoms with van der Waals surface area (Å²) in [7, 11) is 0. The monoisotopic (exact) mass is 282 g/mol. The molecular formula is C14H12ClFOS. The van der Waals surface area contributed by atoms with Gasteiger partial charge in [0.2, 0.25) is 0 Å². The van der Waals surface area contributed by atoms with Gasteiger partial charge in [-0.05, 0) is 48.7 Å². The molecule has 0 amide bonds. The fourth-order valence-corrected chi connectivity index (χ4v) is 2.14. The lowest BCUT2D eigenvalue weighted by molar-refractivity contribution is 0.475. The van der Waals surface area contributed by atoms with Crippen molar-refractivity contribution in [2.75, 3.05) is 6.26 Å². The summed E-state index contributed by atoms with van der Waals surface area (Å²) in [5, 5.41) is 0. The van der Waals surface area contributed by atoms with Crippen molar-refractivity contribution in [2.24, 2.45) is 0 Å². The lowest BCUT2D eigenvalue weighted by Gasteiger charge is -2.10. The van der Waals surface area contributed by atoms with Crippen molar-refractivity contribution in [1.82, 2.24) is 0 Å². The van der Waals surface area contributed by atoms with Gasteiger partial charge in [0.1, 0.15) is 17.3 Å². The van der Waals surface area contributed by atoms with Gasteiger partial charge < -0.3 is 4.74 Å². The Labute approximate surface area is 115 Å². The summed E-state index contributed by atoms with van der Waals surface area (Å²) >= 11 is 7.44. The highest BCUT2D eigenvalue weighted by molar-refractivity contribution is 7.98. The van der Waals surface area contributed by atoms with Crippen LogP contribution < -0.4 is 4.74 Å². The summed E-state index contributed by atoms with van der Waals surface area (Å²) in [4.78, 5) is 1.17. The third-order valence-electron chi connectivity index (χ3n) is 2.45. The second-order valence-electron chi connectivity index (χ2n) is 3.66. The second kappa shape index (κ2) is 6.12. The largest absolute Gasteiger partial charge is 0.457 e. The Bertz CT molecular complexity index is 528. The summed E-state index contributed by atoms with van der Waals surface area (Å²) in [5.41, 5.74) is 0.644. The number of thioether (sulfide) groups is 1. The van der Waals surface area contributed by atoms with E-state index in [0.717, 1.165) is 0 Å². The zero-order valence-corrected chi connectivity index (χ0v) is 11.4. The molecular weight excluding hydrogens is 271 g/mol. The highest BCUT2D eigenvalue weighted by atomic mass is 35.5. The minimum absolute atomic E-state index is 0.218. The van der Waals surface area contributed by atoms with Crippen LogP contribution in [-0.2, 0) is 5.88 Å². The molecule has 0 aliphatic rings.